The molecule has 3 unspecified atom stereocenters. The molecule has 1 aliphatic carbocycles. The zero-order valence-electron chi connectivity index (χ0n) is 20.6. The van der Waals surface area contributed by atoms with Crippen molar-refractivity contribution in [3.8, 4) is 0 Å². The lowest BCUT2D eigenvalue weighted by Gasteiger charge is -2.40. The van der Waals surface area contributed by atoms with Crippen LogP contribution in [0.4, 0.5) is 17.3 Å². The number of piperidine rings is 1. The molecule has 186 valence electrons. The van der Waals surface area contributed by atoms with Crippen molar-refractivity contribution in [3.05, 3.63) is 65.7 Å². The molecule has 3 aliphatic rings. The number of rotatable bonds is 8. The second kappa shape index (κ2) is 9.08. The van der Waals surface area contributed by atoms with Gasteiger partial charge >= 0.3 is 0 Å². The lowest BCUT2D eigenvalue weighted by molar-refractivity contribution is 0.0944. The molecule has 3 atom stereocenters. The fraction of sp³-hybridized carbons (Fsp3) is 0.429. The minimum Gasteiger partial charge on any atom is -0.364 e. The molecule has 1 aromatic carbocycles. The highest BCUT2D eigenvalue weighted by Gasteiger charge is 2.44. The highest BCUT2D eigenvalue weighted by atomic mass is 16.1. The number of anilines is 3. The van der Waals surface area contributed by atoms with Crippen LogP contribution in [0.5, 0.6) is 0 Å². The second-order valence-corrected chi connectivity index (χ2v) is 10.5. The predicted molar refractivity (Wildman–Crippen MR) is 139 cm³/mol. The number of benzene rings is 1. The van der Waals surface area contributed by atoms with E-state index < -0.39 is 5.91 Å². The molecule has 6 rings (SSSR count). The van der Waals surface area contributed by atoms with Crippen molar-refractivity contribution in [3.63, 3.8) is 0 Å². The zero-order chi connectivity index (χ0) is 24.8. The van der Waals surface area contributed by atoms with Gasteiger partial charge in [-0.15, -0.1) is 0 Å². The van der Waals surface area contributed by atoms with Gasteiger partial charge < -0.3 is 20.5 Å². The molecule has 0 spiro atoms. The number of nitrogens with zero attached hydrogens (tertiary/aromatic N) is 4. The number of nitrogens with two attached hydrogens (primary N) is 1. The Bertz CT molecular complexity index is 1300. The number of nitrogens with one attached hydrogen (secondary N) is 1. The summed E-state index contributed by atoms with van der Waals surface area (Å²) in [6.45, 7) is 0. The number of carbonyl (C=O) groups is 2. The lowest BCUT2D eigenvalue weighted by atomic mass is 9.85. The van der Waals surface area contributed by atoms with Crippen LogP contribution in [0.3, 0.4) is 0 Å². The highest BCUT2D eigenvalue weighted by molar-refractivity contribution is 5.97. The molecule has 2 saturated heterocycles. The number of aryl methyl sites for hydroxylation is 1. The highest BCUT2D eigenvalue weighted by Crippen LogP contribution is 2.44. The Morgan fingerprint density at radius 1 is 1.06 bits per heavy atom. The van der Waals surface area contributed by atoms with Crippen molar-refractivity contribution < 1.29 is 9.59 Å². The molecule has 2 bridgehead atoms. The molecule has 3 N–H and O–H groups in total. The van der Waals surface area contributed by atoms with E-state index in [0.717, 1.165) is 42.8 Å². The monoisotopic (exact) mass is 484 g/mol. The summed E-state index contributed by atoms with van der Waals surface area (Å²) in [5, 5.41) is 3.21. The number of carbonyl (C=O) groups excluding carboxylic acids is 2. The minimum atomic E-state index is -0.620. The Morgan fingerprint density at radius 2 is 1.83 bits per heavy atom. The van der Waals surface area contributed by atoms with Gasteiger partial charge in [-0.3, -0.25) is 9.59 Å². The van der Waals surface area contributed by atoms with Gasteiger partial charge in [0.2, 0.25) is 0 Å². The van der Waals surface area contributed by atoms with Crippen LogP contribution < -0.4 is 16.0 Å². The van der Waals surface area contributed by atoms with Crippen molar-refractivity contribution in [2.75, 3.05) is 10.2 Å². The maximum atomic E-state index is 13.2. The first-order valence-electron chi connectivity index (χ1n) is 12.9. The van der Waals surface area contributed by atoms with Gasteiger partial charge in [0.25, 0.3) is 5.91 Å². The molecule has 8 heteroatoms. The van der Waals surface area contributed by atoms with E-state index in [1.54, 1.807) is 6.20 Å². The van der Waals surface area contributed by atoms with Crippen LogP contribution in [-0.4, -0.2) is 38.3 Å². The summed E-state index contributed by atoms with van der Waals surface area (Å²) in [4.78, 5) is 36.8. The largest absolute Gasteiger partial charge is 0.364 e. The van der Waals surface area contributed by atoms with Gasteiger partial charge in [-0.2, -0.15) is 0 Å². The van der Waals surface area contributed by atoms with Crippen molar-refractivity contribution in [2.45, 2.75) is 62.9 Å². The molecule has 0 radical (unpaired) electrons. The second-order valence-electron chi connectivity index (χ2n) is 10.5. The number of primary amides is 1. The first-order chi connectivity index (χ1) is 17.5. The molecular weight excluding hydrogens is 452 g/mol. The predicted octanol–water partition coefficient (Wildman–Crippen LogP) is 4.56. The molecule has 2 aliphatic heterocycles. The number of ketones is 1. The Morgan fingerprint density at radius 3 is 2.53 bits per heavy atom. The van der Waals surface area contributed by atoms with Gasteiger partial charge in [0, 0.05) is 43.5 Å². The van der Waals surface area contributed by atoms with Gasteiger partial charge in [-0.1, -0.05) is 24.3 Å². The number of Topliss-reactive ketones (excluding diaryl/α,β-unsaturated/α-hetero) is 1. The quantitative estimate of drug-likeness (QED) is 0.454. The number of hydrogen-bond acceptors (Lipinski definition) is 6. The van der Waals surface area contributed by atoms with Gasteiger partial charge in [0.05, 0.1) is 11.9 Å². The average Bonchev–Trinajstić information content (AvgIpc) is 3.57. The standard InChI is InChI=1S/C28H32N6O2/c1-33-13-12-21(16-33)31-28-26(27(29)36)30-15-25(32-28)34-22-9-8-20(23(34)11-10-22)14-24(35)19-6-4-18(5-7-19)17-2-3-17/h4-7,12-13,15-17,20,22-23H,2-3,8-11,14H2,1H3,(H2,29,36)(H,31,32). The average molecular weight is 485 g/mol. The van der Waals surface area contributed by atoms with E-state index in [4.69, 9.17) is 10.7 Å². The van der Waals surface area contributed by atoms with Crippen LogP contribution in [-0.2, 0) is 7.05 Å². The third kappa shape index (κ3) is 4.36. The van der Waals surface area contributed by atoms with E-state index in [2.05, 4.69) is 27.3 Å². The van der Waals surface area contributed by atoms with Crippen LogP contribution >= 0.6 is 0 Å². The number of hydrogen-bond donors (Lipinski definition) is 2. The van der Waals surface area contributed by atoms with E-state index in [0.29, 0.717) is 24.2 Å². The molecule has 8 nitrogen and oxygen atoms in total. The van der Waals surface area contributed by atoms with Crippen LogP contribution in [0, 0.1) is 5.92 Å². The van der Waals surface area contributed by atoms with E-state index in [9.17, 15) is 9.59 Å². The zero-order valence-corrected chi connectivity index (χ0v) is 20.6. The topological polar surface area (TPSA) is 106 Å². The molecule has 2 aromatic heterocycles. The van der Waals surface area contributed by atoms with Gasteiger partial charge in [-0.05, 0) is 62.0 Å². The minimum absolute atomic E-state index is 0.119. The lowest BCUT2D eigenvalue weighted by Crippen LogP contribution is -2.46. The van der Waals surface area contributed by atoms with Crippen LogP contribution in [0.25, 0.3) is 0 Å². The van der Waals surface area contributed by atoms with E-state index in [1.807, 2.05) is 42.2 Å². The van der Waals surface area contributed by atoms with Crippen LogP contribution in [0.15, 0.2) is 48.9 Å². The third-order valence-electron chi connectivity index (χ3n) is 8.04. The summed E-state index contributed by atoms with van der Waals surface area (Å²) in [5.74, 6) is 1.65. The summed E-state index contributed by atoms with van der Waals surface area (Å²) < 4.78 is 1.91. The fourth-order valence-electron chi connectivity index (χ4n) is 6.05. The third-order valence-corrected chi connectivity index (χ3v) is 8.04. The van der Waals surface area contributed by atoms with Crippen LogP contribution in [0.1, 0.15) is 77.3 Å². The van der Waals surface area contributed by atoms with E-state index >= 15 is 0 Å². The Labute approximate surface area is 210 Å². The number of fused-ring (bicyclic) bond motifs is 2. The van der Waals surface area contributed by atoms with E-state index in [-0.39, 0.29) is 23.4 Å². The van der Waals surface area contributed by atoms with Crippen molar-refractivity contribution >= 4 is 29.0 Å². The maximum Gasteiger partial charge on any atom is 0.271 e. The maximum absolute atomic E-state index is 13.2. The SMILES string of the molecule is Cn1ccc(Nc2nc(N3C4CCC(CC(=O)c5ccc(C6CC6)cc5)C3CC4)cnc2C(N)=O)c1. The molecule has 4 heterocycles. The van der Waals surface area contributed by atoms with Crippen molar-refractivity contribution in [2.24, 2.45) is 18.7 Å². The Hall–Kier alpha value is -3.68. The summed E-state index contributed by atoms with van der Waals surface area (Å²) in [6.07, 6.45) is 12.7. The smallest absolute Gasteiger partial charge is 0.271 e. The molecule has 1 saturated carbocycles. The summed E-state index contributed by atoms with van der Waals surface area (Å²) >= 11 is 0. The molecule has 36 heavy (non-hydrogen) atoms. The van der Waals surface area contributed by atoms with E-state index in [1.165, 1.54) is 18.4 Å². The fourth-order valence-corrected chi connectivity index (χ4v) is 6.05. The first kappa shape index (κ1) is 22.8. The molecular formula is C28H32N6O2. The Kier molecular flexibility index (Phi) is 5.74. The summed E-state index contributed by atoms with van der Waals surface area (Å²) in [5.41, 5.74) is 8.69. The normalized spacial score (nSPS) is 23.0. The van der Waals surface area contributed by atoms with Crippen molar-refractivity contribution in [1.29, 1.82) is 0 Å². The Balaban J connectivity index is 1.22. The molecule has 3 aromatic rings. The summed E-state index contributed by atoms with van der Waals surface area (Å²) in [7, 11) is 1.93. The number of aromatic nitrogens is 3. The number of amides is 1. The first-order valence-corrected chi connectivity index (χ1v) is 12.9. The molecule has 3 fully saturated rings. The molecule has 1 amide bonds. The van der Waals surface area contributed by atoms with Gasteiger partial charge in [-0.25, -0.2) is 9.97 Å². The van der Waals surface area contributed by atoms with Crippen LogP contribution in [0.2, 0.25) is 0 Å². The van der Waals surface area contributed by atoms with Crippen molar-refractivity contribution in [1.82, 2.24) is 14.5 Å². The summed E-state index contributed by atoms with van der Waals surface area (Å²) in [6, 6.07) is 10.8. The van der Waals surface area contributed by atoms with Gasteiger partial charge in [0.15, 0.2) is 17.3 Å². The van der Waals surface area contributed by atoms with Gasteiger partial charge in [0.1, 0.15) is 5.82 Å².